The van der Waals surface area contributed by atoms with Gasteiger partial charge in [0.15, 0.2) is 0 Å². The Labute approximate surface area is 195 Å². The standard InChI is InChI=1S/C24H17F5N4OS/c1-14-5-6-16(24(34)32-17-3-2-4-18(11-17)35(25,26,27,28)29)9-20(14)15-7-8-19-21-12-30-13-31-23(21)33-22(19)10-15/h2-13H,1H3,(H,32,34)(H,30,31,33). The Morgan fingerprint density at radius 2 is 1.74 bits per heavy atom. The van der Waals surface area contributed by atoms with Crippen molar-refractivity contribution in [3.63, 3.8) is 0 Å². The van der Waals surface area contributed by atoms with Crippen molar-refractivity contribution in [1.29, 1.82) is 0 Å². The number of hydrogen-bond donors (Lipinski definition) is 2. The molecule has 0 aliphatic carbocycles. The highest BCUT2D eigenvalue weighted by atomic mass is 32.5. The fourth-order valence-electron chi connectivity index (χ4n) is 3.90. The molecule has 5 rings (SSSR count). The average Bonchev–Trinajstić information content (AvgIpc) is 3.16. The summed E-state index contributed by atoms with van der Waals surface area (Å²) < 4.78 is 65.6. The van der Waals surface area contributed by atoms with E-state index in [1.165, 1.54) is 12.4 Å². The van der Waals surface area contributed by atoms with Gasteiger partial charge in [-0.2, -0.15) is 0 Å². The van der Waals surface area contributed by atoms with Crippen LogP contribution in [0.5, 0.6) is 0 Å². The van der Waals surface area contributed by atoms with E-state index in [0.29, 0.717) is 5.65 Å². The normalized spacial score (nSPS) is 14.0. The number of aromatic nitrogens is 3. The molecule has 0 aliphatic rings. The number of H-pyrrole nitrogens is 1. The molecule has 2 N–H and O–H groups in total. The van der Waals surface area contributed by atoms with Crippen LogP contribution < -0.4 is 5.32 Å². The summed E-state index contributed by atoms with van der Waals surface area (Å²) in [4.78, 5) is 22.2. The van der Waals surface area contributed by atoms with E-state index >= 15 is 0 Å². The van der Waals surface area contributed by atoms with E-state index in [0.717, 1.165) is 45.1 Å². The molecule has 5 nitrogen and oxygen atoms in total. The van der Waals surface area contributed by atoms with Crippen LogP contribution >= 0.6 is 10.2 Å². The van der Waals surface area contributed by atoms with Gasteiger partial charge in [-0.15, -0.1) is 0 Å². The first-order valence-electron chi connectivity index (χ1n) is 10.3. The third kappa shape index (κ3) is 4.42. The molecule has 180 valence electrons. The molecular weight excluding hydrogens is 487 g/mol. The molecule has 11 heteroatoms. The van der Waals surface area contributed by atoms with Gasteiger partial charge in [0.25, 0.3) is 5.91 Å². The molecule has 0 bridgehead atoms. The van der Waals surface area contributed by atoms with Crippen LogP contribution in [-0.2, 0) is 0 Å². The minimum atomic E-state index is -9.87. The van der Waals surface area contributed by atoms with E-state index in [-0.39, 0.29) is 23.4 Å². The van der Waals surface area contributed by atoms with Crippen molar-refractivity contribution >= 4 is 43.8 Å². The van der Waals surface area contributed by atoms with Crippen molar-refractivity contribution in [2.45, 2.75) is 11.8 Å². The molecule has 0 atom stereocenters. The summed E-state index contributed by atoms with van der Waals surface area (Å²) >= 11 is 0. The van der Waals surface area contributed by atoms with E-state index in [1.54, 1.807) is 18.3 Å². The van der Waals surface area contributed by atoms with Crippen molar-refractivity contribution in [3.8, 4) is 11.1 Å². The topological polar surface area (TPSA) is 70.7 Å². The van der Waals surface area contributed by atoms with Crippen LogP contribution in [0.15, 0.2) is 78.1 Å². The van der Waals surface area contributed by atoms with Crippen LogP contribution in [0.25, 0.3) is 33.1 Å². The third-order valence-corrected chi connectivity index (χ3v) is 6.77. The van der Waals surface area contributed by atoms with Gasteiger partial charge >= 0.3 is 10.2 Å². The Balaban J connectivity index is 1.48. The maximum absolute atomic E-state index is 13.1. The number of fused-ring (bicyclic) bond motifs is 3. The average molecular weight is 504 g/mol. The number of hydrogen-bond acceptors (Lipinski definition) is 3. The molecular formula is C24H17F5N4OS. The molecule has 3 aromatic carbocycles. The van der Waals surface area contributed by atoms with E-state index in [1.807, 2.05) is 25.1 Å². The predicted molar refractivity (Wildman–Crippen MR) is 127 cm³/mol. The molecule has 0 radical (unpaired) electrons. The number of rotatable bonds is 4. The summed E-state index contributed by atoms with van der Waals surface area (Å²) in [6, 6.07) is 13.0. The van der Waals surface area contributed by atoms with Crippen LogP contribution in [0.4, 0.5) is 25.1 Å². The summed E-state index contributed by atoms with van der Waals surface area (Å²) in [5.41, 5.74) is 3.66. The van der Waals surface area contributed by atoms with Gasteiger partial charge in [0.05, 0.1) is 0 Å². The number of nitrogens with zero attached hydrogens (tertiary/aromatic N) is 2. The van der Waals surface area contributed by atoms with Crippen molar-refractivity contribution in [1.82, 2.24) is 15.0 Å². The van der Waals surface area contributed by atoms with Crippen molar-refractivity contribution in [2.24, 2.45) is 0 Å². The molecule has 2 heterocycles. The number of aryl methyl sites for hydroxylation is 1. The number of halogens is 5. The monoisotopic (exact) mass is 504 g/mol. The molecule has 2 aromatic heterocycles. The number of carbonyl (C=O) groups is 1. The second-order valence-electron chi connectivity index (χ2n) is 8.15. The van der Waals surface area contributed by atoms with Gasteiger partial charge in [0.1, 0.15) is 16.9 Å². The van der Waals surface area contributed by atoms with Crippen LogP contribution in [0.2, 0.25) is 0 Å². The zero-order chi connectivity index (χ0) is 25.1. The van der Waals surface area contributed by atoms with Gasteiger partial charge in [-0.05, 0) is 60.0 Å². The molecule has 5 aromatic rings. The van der Waals surface area contributed by atoms with Crippen LogP contribution in [0, 0.1) is 6.92 Å². The van der Waals surface area contributed by atoms with E-state index in [4.69, 9.17) is 0 Å². The largest absolute Gasteiger partial charge is 0.339 e. The van der Waals surface area contributed by atoms with E-state index in [2.05, 4.69) is 20.3 Å². The lowest BCUT2D eigenvalue weighted by Gasteiger charge is -2.40. The number of carbonyl (C=O) groups excluding carboxylic acids is 1. The molecule has 0 fully saturated rings. The fourth-order valence-corrected chi connectivity index (χ4v) is 4.58. The van der Waals surface area contributed by atoms with Crippen molar-refractivity contribution in [2.75, 3.05) is 5.32 Å². The van der Waals surface area contributed by atoms with Crippen molar-refractivity contribution in [3.05, 3.63) is 84.3 Å². The molecule has 0 saturated carbocycles. The van der Waals surface area contributed by atoms with Crippen molar-refractivity contribution < 1.29 is 24.2 Å². The second-order valence-corrected chi connectivity index (χ2v) is 10.6. The summed E-state index contributed by atoms with van der Waals surface area (Å²) in [6.45, 7) is 1.86. The lowest BCUT2D eigenvalue weighted by atomic mass is 9.97. The molecule has 0 spiro atoms. The Morgan fingerprint density at radius 1 is 0.943 bits per heavy atom. The first kappa shape index (κ1) is 22.8. The number of anilines is 1. The van der Waals surface area contributed by atoms with Gasteiger partial charge in [0.2, 0.25) is 0 Å². The number of amides is 1. The molecule has 0 unspecified atom stereocenters. The van der Waals surface area contributed by atoms with Gasteiger partial charge in [-0.3, -0.25) is 4.79 Å². The van der Waals surface area contributed by atoms with Gasteiger partial charge in [-0.1, -0.05) is 43.7 Å². The first-order chi connectivity index (χ1) is 16.3. The maximum atomic E-state index is 13.1. The molecule has 1 amide bonds. The summed E-state index contributed by atoms with van der Waals surface area (Å²) in [5, 5.41) is 4.07. The van der Waals surface area contributed by atoms with Gasteiger partial charge in [-0.25, -0.2) is 9.97 Å². The zero-order valence-corrected chi connectivity index (χ0v) is 18.8. The smallest absolute Gasteiger partial charge is 0.310 e. The summed E-state index contributed by atoms with van der Waals surface area (Å²) in [7, 11) is -9.87. The van der Waals surface area contributed by atoms with E-state index in [9.17, 15) is 24.2 Å². The quantitative estimate of drug-likeness (QED) is 0.244. The minimum Gasteiger partial charge on any atom is -0.339 e. The number of benzene rings is 3. The fraction of sp³-hybridized carbons (Fsp3) is 0.0417. The highest BCUT2D eigenvalue weighted by molar-refractivity contribution is 8.45. The highest BCUT2D eigenvalue weighted by Gasteiger charge is 2.65. The maximum Gasteiger partial charge on any atom is 0.310 e. The molecule has 0 saturated heterocycles. The summed E-state index contributed by atoms with van der Waals surface area (Å²) in [6.07, 6.45) is 3.15. The SMILES string of the molecule is Cc1ccc(C(=O)Nc2cccc(S(F)(F)(F)(F)F)c2)cc1-c1ccc2c(c1)[nH]c1ncncc12. The number of aromatic amines is 1. The Bertz CT molecular complexity index is 1650. The van der Waals surface area contributed by atoms with E-state index < -0.39 is 21.0 Å². The lowest BCUT2D eigenvalue weighted by molar-refractivity contribution is 0.102. The third-order valence-electron chi connectivity index (χ3n) is 5.62. The van der Waals surface area contributed by atoms with Crippen LogP contribution in [0.3, 0.4) is 0 Å². The van der Waals surface area contributed by atoms with Crippen LogP contribution in [-0.4, -0.2) is 20.9 Å². The number of nitrogens with one attached hydrogen (secondary N) is 2. The summed E-state index contributed by atoms with van der Waals surface area (Å²) in [5.74, 6) is -0.729. The zero-order valence-electron chi connectivity index (χ0n) is 18.0. The minimum absolute atomic E-state index is 0.158. The van der Waals surface area contributed by atoms with Gasteiger partial charge in [0, 0.05) is 33.7 Å². The lowest BCUT2D eigenvalue weighted by Crippen LogP contribution is -2.13. The Hall–Kier alpha value is -3.99. The Morgan fingerprint density at radius 3 is 2.51 bits per heavy atom. The van der Waals surface area contributed by atoms with Gasteiger partial charge < -0.3 is 10.3 Å². The first-order valence-corrected chi connectivity index (χ1v) is 12.2. The molecule has 0 aliphatic heterocycles. The highest BCUT2D eigenvalue weighted by Crippen LogP contribution is 3.02. The second kappa shape index (κ2) is 7.01. The predicted octanol–water partition coefficient (Wildman–Crippen LogP) is 8.00. The Kier molecular flexibility index (Phi) is 4.57. The molecule has 35 heavy (non-hydrogen) atoms. The van der Waals surface area contributed by atoms with Crippen LogP contribution in [0.1, 0.15) is 15.9 Å².